The van der Waals surface area contributed by atoms with Gasteiger partial charge < -0.3 is 15.2 Å². The molecule has 7 heteroatoms. The van der Waals surface area contributed by atoms with Gasteiger partial charge in [-0.05, 0) is 74.7 Å². The van der Waals surface area contributed by atoms with Crippen molar-refractivity contribution < 1.29 is 14.0 Å². The first-order valence-electron chi connectivity index (χ1n) is 12.1. The zero-order chi connectivity index (χ0) is 22.8. The summed E-state index contributed by atoms with van der Waals surface area (Å²) in [6.07, 6.45) is 11.0. The van der Waals surface area contributed by atoms with Crippen molar-refractivity contribution in [2.75, 3.05) is 7.05 Å². The number of nitrogens with one attached hydrogen (secondary N) is 2. The molecule has 3 fully saturated rings. The van der Waals surface area contributed by atoms with Gasteiger partial charge in [0.2, 0.25) is 5.91 Å². The number of hydrogen-bond acceptors (Lipinski definition) is 3. The second kappa shape index (κ2) is 7.42. The molecule has 2 heterocycles. The highest BCUT2D eigenvalue weighted by molar-refractivity contribution is 5.92. The second-order valence-electron chi connectivity index (χ2n) is 11.1. The zero-order valence-electron chi connectivity index (χ0n) is 19.5. The molecule has 0 spiro atoms. The molecular weight excluding hydrogens is 407 g/mol. The second-order valence-corrected chi connectivity index (χ2v) is 11.1. The van der Waals surface area contributed by atoms with Gasteiger partial charge in [-0.2, -0.15) is 0 Å². The Labute approximate surface area is 189 Å². The number of H-pyrrole nitrogens is 1. The lowest BCUT2D eigenvalue weighted by Crippen LogP contribution is -2.60. The summed E-state index contributed by atoms with van der Waals surface area (Å²) >= 11 is 0. The smallest absolute Gasteiger partial charge is 0.282 e. The average Bonchev–Trinajstić information content (AvgIpc) is 3.39. The van der Waals surface area contributed by atoms with Crippen molar-refractivity contribution in [3.8, 4) is 0 Å². The van der Waals surface area contributed by atoms with Crippen molar-refractivity contribution in [3.05, 3.63) is 30.1 Å². The summed E-state index contributed by atoms with van der Waals surface area (Å²) in [5.74, 6) is 1.12. The quantitative estimate of drug-likeness (QED) is 0.739. The molecule has 6 nitrogen and oxygen atoms in total. The van der Waals surface area contributed by atoms with Crippen molar-refractivity contribution >= 4 is 11.8 Å². The average molecular weight is 443 g/mol. The standard InChI is InChI=1S/C25H35FN4O2/c1-14(21-27-11-12-28-21)29-22(31)18-7-6-16-15-5-8-20-25(3,13-19(26)23(32)30(20)4)17(15)9-10-24(16,18)2/h11-18,20H,5-10H2,1-4H3,(H,27,28)(H,29,31)/t14?,15-,16-,17-,18+,20+,24-,25+/m0/s1. The number of hydrogen-bond donors (Lipinski definition) is 2. The van der Waals surface area contributed by atoms with Crippen LogP contribution >= 0.6 is 0 Å². The number of carbonyl (C=O) groups excluding carboxylic acids is 2. The Bertz CT molecular complexity index is 946. The van der Waals surface area contributed by atoms with Crippen LogP contribution in [0.2, 0.25) is 0 Å². The molecule has 3 aliphatic carbocycles. The van der Waals surface area contributed by atoms with Crippen LogP contribution in [0.25, 0.3) is 0 Å². The van der Waals surface area contributed by atoms with Crippen molar-refractivity contribution in [2.24, 2.45) is 34.5 Å². The largest absolute Gasteiger partial charge is 0.347 e. The molecule has 2 N–H and O–H groups in total. The molecule has 0 saturated heterocycles. The Morgan fingerprint density at radius 3 is 2.75 bits per heavy atom. The number of halogens is 1. The highest BCUT2D eigenvalue weighted by Gasteiger charge is 2.62. The normalized spacial score (nSPS) is 41.9. The van der Waals surface area contributed by atoms with Crippen LogP contribution in [-0.2, 0) is 9.59 Å². The highest BCUT2D eigenvalue weighted by Crippen LogP contribution is 2.65. The van der Waals surface area contributed by atoms with Gasteiger partial charge in [0.25, 0.3) is 5.91 Å². The van der Waals surface area contributed by atoms with E-state index in [1.54, 1.807) is 30.4 Å². The predicted molar refractivity (Wildman–Crippen MR) is 119 cm³/mol. The molecule has 32 heavy (non-hydrogen) atoms. The fourth-order valence-electron chi connectivity index (χ4n) is 8.16. The van der Waals surface area contributed by atoms with Crippen molar-refractivity contribution in [3.63, 3.8) is 0 Å². The van der Waals surface area contributed by atoms with Crippen molar-refractivity contribution in [2.45, 2.75) is 71.4 Å². The van der Waals surface area contributed by atoms with E-state index in [2.05, 4.69) is 29.1 Å². The number of aromatic amines is 1. The fraction of sp³-hybridized carbons (Fsp3) is 0.720. The topological polar surface area (TPSA) is 78.1 Å². The minimum atomic E-state index is -0.601. The molecule has 4 aliphatic rings. The van der Waals surface area contributed by atoms with Crippen LogP contribution in [-0.4, -0.2) is 39.8 Å². The third-order valence-electron chi connectivity index (χ3n) is 9.76. The van der Waals surface area contributed by atoms with E-state index in [-0.39, 0.29) is 34.7 Å². The van der Waals surface area contributed by atoms with Crippen LogP contribution in [0.3, 0.4) is 0 Å². The molecule has 174 valence electrons. The summed E-state index contributed by atoms with van der Waals surface area (Å²) in [5, 5.41) is 3.19. The summed E-state index contributed by atoms with van der Waals surface area (Å²) in [6, 6.07) is -0.0796. The van der Waals surface area contributed by atoms with Crippen molar-refractivity contribution in [1.82, 2.24) is 20.2 Å². The number of carbonyl (C=O) groups is 2. The fourth-order valence-corrected chi connectivity index (χ4v) is 8.16. The first-order chi connectivity index (χ1) is 15.2. The van der Waals surface area contributed by atoms with E-state index in [4.69, 9.17) is 0 Å². The van der Waals surface area contributed by atoms with Crippen LogP contribution in [0.5, 0.6) is 0 Å². The number of aromatic nitrogens is 2. The number of nitrogens with zero attached hydrogens (tertiary/aromatic N) is 2. The maximum Gasteiger partial charge on any atom is 0.282 e. The van der Waals surface area contributed by atoms with Crippen LogP contribution in [0, 0.1) is 34.5 Å². The Morgan fingerprint density at radius 2 is 2.03 bits per heavy atom. The van der Waals surface area contributed by atoms with Gasteiger partial charge in [0.1, 0.15) is 5.82 Å². The summed E-state index contributed by atoms with van der Waals surface area (Å²) in [7, 11) is 1.75. The van der Waals surface area contributed by atoms with Crippen LogP contribution in [0.1, 0.15) is 71.2 Å². The van der Waals surface area contributed by atoms with Crippen molar-refractivity contribution in [1.29, 1.82) is 0 Å². The first-order valence-corrected chi connectivity index (χ1v) is 12.1. The molecular formula is C25H35FN4O2. The van der Waals surface area contributed by atoms with Gasteiger partial charge in [0.05, 0.1) is 6.04 Å². The van der Waals surface area contributed by atoms with Crippen LogP contribution in [0.4, 0.5) is 4.39 Å². The van der Waals surface area contributed by atoms with Gasteiger partial charge in [-0.15, -0.1) is 0 Å². The predicted octanol–water partition coefficient (Wildman–Crippen LogP) is 4.14. The number of imidazole rings is 1. The van der Waals surface area contributed by atoms with Gasteiger partial charge >= 0.3 is 0 Å². The Hall–Kier alpha value is -2.18. The summed E-state index contributed by atoms with van der Waals surface area (Å²) < 4.78 is 14.6. The van der Waals surface area contributed by atoms with Gasteiger partial charge in [0, 0.05) is 36.8 Å². The Morgan fingerprint density at radius 1 is 1.25 bits per heavy atom. The van der Waals surface area contributed by atoms with Gasteiger partial charge in [0.15, 0.2) is 5.83 Å². The summed E-state index contributed by atoms with van der Waals surface area (Å²) in [6.45, 7) is 6.43. The van der Waals surface area contributed by atoms with E-state index in [1.807, 2.05) is 6.92 Å². The molecule has 5 rings (SSSR count). The van der Waals surface area contributed by atoms with E-state index in [9.17, 15) is 14.0 Å². The third kappa shape index (κ3) is 2.99. The van der Waals surface area contributed by atoms with E-state index >= 15 is 0 Å². The Kier molecular flexibility index (Phi) is 5.02. The molecule has 0 bridgehead atoms. The van der Waals surface area contributed by atoms with Gasteiger partial charge in [-0.1, -0.05) is 13.8 Å². The summed E-state index contributed by atoms with van der Waals surface area (Å²) in [4.78, 5) is 34.6. The zero-order valence-corrected chi connectivity index (χ0v) is 19.5. The summed E-state index contributed by atoms with van der Waals surface area (Å²) in [5.41, 5.74) is -0.360. The molecule has 1 aromatic heterocycles. The first kappa shape index (κ1) is 21.7. The number of rotatable bonds is 3. The van der Waals surface area contributed by atoms with Gasteiger partial charge in [-0.3, -0.25) is 9.59 Å². The molecule has 1 aromatic rings. The minimum Gasteiger partial charge on any atom is -0.347 e. The third-order valence-corrected chi connectivity index (χ3v) is 9.76. The number of likely N-dealkylation sites (N-methyl/N-ethyl adjacent to an activating group) is 1. The van der Waals surface area contributed by atoms with Crippen LogP contribution < -0.4 is 5.32 Å². The van der Waals surface area contributed by atoms with E-state index in [0.717, 1.165) is 44.3 Å². The molecule has 1 unspecified atom stereocenters. The lowest BCUT2D eigenvalue weighted by atomic mass is 9.47. The molecule has 2 amide bonds. The number of fused-ring (bicyclic) bond motifs is 5. The maximum absolute atomic E-state index is 14.6. The van der Waals surface area contributed by atoms with Gasteiger partial charge in [-0.25, -0.2) is 9.37 Å². The molecule has 0 radical (unpaired) electrons. The van der Waals surface area contributed by atoms with E-state index in [1.165, 1.54) is 0 Å². The van der Waals surface area contributed by atoms with E-state index < -0.39 is 11.7 Å². The number of amides is 2. The maximum atomic E-state index is 14.6. The van der Waals surface area contributed by atoms with Crippen LogP contribution in [0.15, 0.2) is 24.3 Å². The molecule has 8 atom stereocenters. The monoisotopic (exact) mass is 442 g/mol. The highest BCUT2D eigenvalue weighted by atomic mass is 19.1. The minimum absolute atomic E-state index is 0.000669. The SMILES string of the molecule is CC(NC(=O)[C@H]1CC[C@H]2[C@@H]3CC[C@H]4N(C)C(=O)C(F)=C[C@]4(C)[C@H]3CC[C@]12C)c1ncc[nH]1. The molecule has 0 aromatic carbocycles. The van der Waals surface area contributed by atoms with E-state index in [0.29, 0.717) is 17.8 Å². The molecule has 3 saturated carbocycles. The lowest BCUT2D eigenvalue weighted by Gasteiger charge is -2.60. The lowest BCUT2D eigenvalue weighted by molar-refractivity contribution is -0.145. The Balaban J connectivity index is 1.37. The molecule has 1 aliphatic heterocycles.